The van der Waals surface area contributed by atoms with Gasteiger partial charge in [-0.1, -0.05) is 46.3 Å². The summed E-state index contributed by atoms with van der Waals surface area (Å²) in [6.07, 6.45) is 0.607. The molecular formula is C17H12BrF2N. The zero-order valence-corrected chi connectivity index (χ0v) is 12.6. The summed E-state index contributed by atoms with van der Waals surface area (Å²) in [5.41, 5.74) is 2.53. The van der Waals surface area contributed by atoms with Crippen LogP contribution in [0.2, 0.25) is 0 Å². The van der Waals surface area contributed by atoms with Crippen molar-refractivity contribution in [2.45, 2.75) is 11.2 Å². The number of hydrogen-bond donors (Lipinski definition) is 0. The molecule has 1 nitrogen and oxygen atoms in total. The first-order valence-electron chi connectivity index (χ1n) is 6.57. The Labute approximate surface area is 129 Å². The highest BCUT2D eigenvalue weighted by molar-refractivity contribution is 9.09. The molecule has 3 aromatic rings. The van der Waals surface area contributed by atoms with E-state index in [-0.39, 0.29) is 4.83 Å². The van der Waals surface area contributed by atoms with Crippen LogP contribution in [0.1, 0.15) is 16.1 Å². The van der Waals surface area contributed by atoms with Gasteiger partial charge in [-0.2, -0.15) is 0 Å². The first-order valence-corrected chi connectivity index (χ1v) is 7.49. The van der Waals surface area contributed by atoms with E-state index in [0.717, 1.165) is 22.7 Å². The van der Waals surface area contributed by atoms with Crippen molar-refractivity contribution < 1.29 is 8.78 Å². The van der Waals surface area contributed by atoms with E-state index in [9.17, 15) is 8.78 Å². The van der Waals surface area contributed by atoms with Gasteiger partial charge in [0.05, 0.1) is 5.52 Å². The Hall–Kier alpha value is -1.81. The van der Waals surface area contributed by atoms with Gasteiger partial charge < -0.3 is 0 Å². The third-order valence-electron chi connectivity index (χ3n) is 3.35. The van der Waals surface area contributed by atoms with Gasteiger partial charge in [0.2, 0.25) is 0 Å². The van der Waals surface area contributed by atoms with Gasteiger partial charge in [-0.05, 0) is 29.8 Å². The number of pyridine rings is 1. The number of halogens is 3. The van der Waals surface area contributed by atoms with Gasteiger partial charge in [-0.15, -0.1) is 0 Å². The average molecular weight is 348 g/mol. The summed E-state index contributed by atoms with van der Waals surface area (Å²) in [4.78, 5) is 4.47. The number of alkyl halides is 1. The molecule has 0 aliphatic rings. The SMILES string of the molecule is Fc1ccc(C(Br)Cc2ccc3ccccc3n2)cc1F. The number of hydrogen-bond acceptors (Lipinski definition) is 1. The van der Waals surface area contributed by atoms with Crippen molar-refractivity contribution >= 4 is 26.8 Å². The lowest BCUT2D eigenvalue weighted by Crippen LogP contribution is -1.99. The molecule has 0 spiro atoms. The molecule has 0 N–H and O–H groups in total. The molecule has 3 rings (SSSR count). The fraction of sp³-hybridized carbons (Fsp3) is 0.118. The number of benzene rings is 2. The molecule has 106 valence electrons. The van der Waals surface area contributed by atoms with Crippen molar-refractivity contribution in [3.8, 4) is 0 Å². The molecule has 0 fully saturated rings. The number of fused-ring (bicyclic) bond motifs is 1. The van der Waals surface area contributed by atoms with Crippen LogP contribution in [0.15, 0.2) is 54.6 Å². The topological polar surface area (TPSA) is 12.9 Å². The Kier molecular flexibility index (Phi) is 3.97. The fourth-order valence-electron chi connectivity index (χ4n) is 2.23. The minimum absolute atomic E-state index is 0.110. The quantitative estimate of drug-likeness (QED) is 0.594. The van der Waals surface area contributed by atoms with Crippen molar-refractivity contribution in [3.63, 3.8) is 0 Å². The van der Waals surface area contributed by atoms with Crippen LogP contribution in [0.4, 0.5) is 8.78 Å². The number of aromatic nitrogens is 1. The second-order valence-electron chi connectivity index (χ2n) is 4.84. The molecule has 0 aliphatic heterocycles. The molecule has 21 heavy (non-hydrogen) atoms. The standard InChI is InChI=1S/C17H12BrF2N/c18-14(12-6-8-15(19)16(20)9-12)10-13-7-5-11-3-1-2-4-17(11)21-13/h1-9,14H,10H2. The van der Waals surface area contributed by atoms with Gasteiger partial charge >= 0.3 is 0 Å². The molecule has 2 aromatic carbocycles. The van der Waals surface area contributed by atoms with E-state index >= 15 is 0 Å². The van der Waals surface area contributed by atoms with Gasteiger partial charge in [0.15, 0.2) is 11.6 Å². The van der Waals surface area contributed by atoms with E-state index in [0.29, 0.717) is 12.0 Å². The predicted molar refractivity (Wildman–Crippen MR) is 83.5 cm³/mol. The van der Waals surface area contributed by atoms with Crippen molar-refractivity contribution in [1.29, 1.82) is 0 Å². The summed E-state index contributed by atoms with van der Waals surface area (Å²) < 4.78 is 26.2. The molecule has 0 bridgehead atoms. The second-order valence-corrected chi connectivity index (χ2v) is 5.95. The van der Waals surface area contributed by atoms with Crippen LogP contribution in [0.3, 0.4) is 0 Å². The molecule has 4 heteroatoms. The van der Waals surface area contributed by atoms with Crippen LogP contribution in [-0.2, 0) is 6.42 Å². The van der Waals surface area contributed by atoms with Crippen molar-refractivity contribution in [3.05, 3.63) is 77.5 Å². The van der Waals surface area contributed by atoms with Crippen molar-refractivity contribution in [2.24, 2.45) is 0 Å². The molecule has 0 amide bonds. The normalized spacial score (nSPS) is 12.5. The van der Waals surface area contributed by atoms with Crippen molar-refractivity contribution in [1.82, 2.24) is 4.98 Å². The molecule has 0 aliphatic carbocycles. The van der Waals surface area contributed by atoms with E-state index in [1.54, 1.807) is 6.07 Å². The maximum absolute atomic E-state index is 13.3. The van der Waals surface area contributed by atoms with Crippen LogP contribution in [0, 0.1) is 11.6 Å². The Balaban J connectivity index is 1.85. The zero-order valence-electron chi connectivity index (χ0n) is 11.1. The van der Waals surface area contributed by atoms with E-state index < -0.39 is 11.6 Å². The monoisotopic (exact) mass is 347 g/mol. The Morgan fingerprint density at radius 1 is 0.952 bits per heavy atom. The predicted octanol–water partition coefficient (Wildman–Crippen LogP) is 5.19. The van der Waals surface area contributed by atoms with Gasteiger partial charge in [0.1, 0.15) is 0 Å². The van der Waals surface area contributed by atoms with Gasteiger partial charge in [-0.3, -0.25) is 4.98 Å². The maximum atomic E-state index is 13.3. The highest BCUT2D eigenvalue weighted by Gasteiger charge is 2.12. The Morgan fingerprint density at radius 3 is 2.57 bits per heavy atom. The Bertz CT molecular complexity index is 789. The van der Waals surface area contributed by atoms with Gasteiger partial charge in [0, 0.05) is 22.3 Å². The molecule has 0 radical (unpaired) electrons. The second kappa shape index (κ2) is 5.90. The van der Waals surface area contributed by atoms with Crippen molar-refractivity contribution in [2.75, 3.05) is 0 Å². The first-order chi connectivity index (χ1) is 10.1. The van der Waals surface area contributed by atoms with E-state index in [2.05, 4.69) is 20.9 Å². The lowest BCUT2D eigenvalue weighted by molar-refractivity contribution is 0.507. The van der Waals surface area contributed by atoms with E-state index in [1.165, 1.54) is 6.07 Å². The maximum Gasteiger partial charge on any atom is 0.159 e. The summed E-state index contributed by atoms with van der Waals surface area (Å²) in [5, 5.41) is 1.08. The summed E-state index contributed by atoms with van der Waals surface area (Å²) in [7, 11) is 0. The number of para-hydroxylation sites is 1. The van der Waals surface area contributed by atoms with E-state index in [1.807, 2.05) is 36.4 Å². The highest BCUT2D eigenvalue weighted by Crippen LogP contribution is 2.28. The van der Waals surface area contributed by atoms with Crippen LogP contribution < -0.4 is 0 Å². The summed E-state index contributed by atoms with van der Waals surface area (Å²) >= 11 is 3.52. The molecule has 0 saturated heterocycles. The fourth-order valence-corrected chi connectivity index (χ4v) is 2.85. The molecular weight excluding hydrogens is 336 g/mol. The van der Waals surface area contributed by atoms with Gasteiger partial charge in [0.25, 0.3) is 0 Å². The van der Waals surface area contributed by atoms with Crippen LogP contribution in [0.5, 0.6) is 0 Å². The smallest absolute Gasteiger partial charge is 0.159 e. The zero-order chi connectivity index (χ0) is 14.8. The van der Waals surface area contributed by atoms with Crippen LogP contribution in [0.25, 0.3) is 10.9 Å². The summed E-state index contributed by atoms with van der Waals surface area (Å²) in [5.74, 6) is -1.66. The minimum Gasteiger partial charge on any atom is -0.253 e. The summed E-state index contributed by atoms with van der Waals surface area (Å²) in [6.45, 7) is 0. The molecule has 1 atom stereocenters. The third-order valence-corrected chi connectivity index (χ3v) is 4.20. The molecule has 1 aromatic heterocycles. The lowest BCUT2D eigenvalue weighted by atomic mass is 10.1. The van der Waals surface area contributed by atoms with Crippen LogP contribution >= 0.6 is 15.9 Å². The molecule has 1 unspecified atom stereocenters. The lowest BCUT2D eigenvalue weighted by Gasteiger charge is -2.11. The van der Waals surface area contributed by atoms with Crippen LogP contribution in [-0.4, -0.2) is 4.98 Å². The third kappa shape index (κ3) is 3.10. The molecule has 1 heterocycles. The summed E-state index contributed by atoms with van der Waals surface area (Å²) in [6, 6.07) is 15.8. The molecule has 0 saturated carbocycles. The van der Waals surface area contributed by atoms with E-state index in [4.69, 9.17) is 0 Å². The first kappa shape index (κ1) is 14.1. The number of nitrogens with zero attached hydrogens (tertiary/aromatic N) is 1. The Morgan fingerprint density at radius 2 is 1.76 bits per heavy atom. The average Bonchev–Trinajstić information content (AvgIpc) is 2.50. The largest absolute Gasteiger partial charge is 0.253 e. The minimum atomic E-state index is -0.831. The van der Waals surface area contributed by atoms with Gasteiger partial charge in [-0.25, -0.2) is 8.78 Å². The number of rotatable bonds is 3. The highest BCUT2D eigenvalue weighted by atomic mass is 79.9.